The molecule has 1 aliphatic carbocycles. The van der Waals surface area contributed by atoms with Crippen molar-refractivity contribution >= 4 is 27.5 Å². The van der Waals surface area contributed by atoms with E-state index < -0.39 is 0 Å². The van der Waals surface area contributed by atoms with Gasteiger partial charge in [0, 0.05) is 10.8 Å². The fraction of sp³-hybridized carbons (Fsp3) is 0.273. The molecule has 0 spiro atoms. The Morgan fingerprint density at radius 2 is 1.74 bits per heavy atom. The number of benzene rings is 2. The van der Waals surface area contributed by atoms with E-state index in [9.17, 15) is 0 Å². The smallest absolute Gasteiger partial charge is 0.136 e. The van der Waals surface area contributed by atoms with Gasteiger partial charge < -0.3 is 4.42 Å². The van der Waals surface area contributed by atoms with Gasteiger partial charge in [0.2, 0.25) is 0 Å². The van der Waals surface area contributed by atoms with Gasteiger partial charge in [0.25, 0.3) is 0 Å². The zero-order valence-corrected chi connectivity index (χ0v) is 14.0. The molecular formula is C22H22O. The molecule has 1 heterocycles. The minimum absolute atomic E-state index is 0.321. The summed E-state index contributed by atoms with van der Waals surface area (Å²) in [6.07, 6.45) is 8.09. The maximum absolute atomic E-state index is 6.01. The summed E-state index contributed by atoms with van der Waals surface area (Å²) in [6.45, 7) is 6.92. The molecule has 2 aromatic carbocycles. The molecule has 0 radical (unpaired) electrons. The third-order valence-electron chi connectivity index (χ3n) is 4.92. The summed E-state index contributed by atoms with van der Waals surface area (Å²) < 4.78 is 6.01. The highest BCUT2D eigenvalue weighted by molar-refractivity contribution is 6.05. The predicted molar refractivity (Wildman–Crippen MR) is 98.4 cm³/mol. The number of hydrogen-bond donors (Lipinski definition) is 0. The minimum Gasteiger partial charge on any atom is -0.456 e. The topological polar surface area (TPSA) is 13.1 Å². The molecule has 0 saturated carbocycles. The first-order valence-corrected chi connectivity index (χ1v) is 8.32. The molecule has 0 fully saturated rings. The lowest BCUT2D eigenvalue weighted by Crippen LogP contribution is -2.19. The van der Waals surface area contributed by atoms with E-state index in [1.165, 1.54) is 21.9 Å². The predicted octanol–water partition coefficient (Wildman–Crippen LogP) is 6.59. The van der Waals surface area contributed by atoms with Crippen molar-refractivity contribution < 1.29 is 4.42 Å². The summed E-state index contributed by atoms with van der Waals surface area (Å²) in [4.78, 5) is 0. The van der Waals surface area contributed by atoms with E-state index >= 15 is 0 Å². The molecular weight excluding hydrogens is 280 g/mol. The Morgan fingerprint density at radius 1 is 0.957 bits per heavy atom. The quantitative estimate of drug-likeness (QED) is 0.494. The van der Waals surface area contributed by atoms with Crippen LogP contribution in [-0.4, -0.2) is 0 Å². The molecule has 4 rings (SSSR count). The van der Waals surface area contributed by atoms with Gasteiger partial charge in [0.15, 0.2) is 0 Å². The van der Waals surface area contributed by atoms with Gasteiger partial charge in [-0.15, -0.1) is 0 Å². The molecule has 1 atom stereocenters. The highest BCUT2D eigenvalue weighted by Gasteiger charge is 2.23. The van der Waals surface area contributed by atoms with Crippen LogP contribution in [0.3, 0.4) is 0 Å². The summed E-state index contributed by atoms with van der Waals surface area (Å²) in [5.74, 6) is 0.612. The van der Waals surface area contributed by atoms with E-state index in [4.69, 9.17) is 4.42 Å². The summed E-state index contributed by atoms with van der Waals surface area (Å²) >= 11 is 0. The summed E-state index contributed by atoms with van der Waals surface area (Å²) in [5, 5.41) is 2.38. The molecule has 116 valence electrons. The maximum Gasteiger partial charge on any atom is 0.136 e. The Kier molecular flexibility index (Phi) is 3.19. The average molecular weight is 302 g/mol. The van der Waals surface area contributed by atoms with Crippen LogP contribution >= 0.6 is 0 Å². The van der Waals surface area contributed by atoms with E-state index in [1.54, 1.807) is 0 Å². The zero-order valence-electron chi connectivity index (χ0n) is 14.0. The lowest BCUT2D eigenvalue weighted by Gasteiger charge is -2.29. The van der Waals surface area contributed by atoms with Gasteiger partial charge in [-0.2, -0.15) is 0 Å². The molecule has 1 aromatic heterocycles. The van der Waals surface area contributed by atoms with Crippen LogP contribution in [0.4, 0.5) is 0 Å². The van der Waals surface area contributed by atoms with Crippen molar-refractivity contribution in [3.8, 4) is 0 Å². The Hall–Kier alpha value is -2.28. The maximum atomic E-state index is 6.01. The fourth-order valence-electron chi connectivity index (χ4n) is 3.38. The molecule has 0 bridgehead atoms. The third kappa shape index (κ3) is 2.50. The monoisotopic (exact) mass is 302 g/mol. The van der Waals surface area contributed by atoms with E-state index in [0.717, 1.165) is 17.6 Å². The van der Waals surface area contributed by atoms with Crippen LogP contribution in [-0.2, 0) is 0 Å². The number of rotatable bonds is 1. The van der Waals surface area contributed by atoms with Gasteiger partial charge in [-0.25, -0.2) is 0 Å². The van der Waals surface area contributed by atoms with Crippen LogP contribution in [0.25, 0.3) is 27.5 Å². The molecule has 3 aromatic rings. The lowest BCUT2D eigenvalue weighted by molar-refractivity contribution is 0.294. The van der Waals surface area contributed by atoms with E-state index in [2.05, 4.69) is 69.3 Å². The van der Waals surface area contributed by atoms with E-state index in [1.807, 2.05) is 12.1 Å². The second-order valence-corrected chi connectivity index (χ2v) is 7.54. The molecule has 23 heavy (non-hydrogen) atoms. The second-order valence-electron chi connectivity index (χ2n) is 7.54. The highest BCUT2D eigenvalue weighted by Crippen LogP contribution is 2.36. The standard InChI is InChI=1S/C22H22O/c1-22(2,3)17-11-8-15(9-12-17)16-10-13-19-18-6-4-5-7-20(18)23-21(19)14-16/h4-11,13-14,17H,12H2,1-3H3. The van der Waals surface area contributed by atoms with Crippen LogP contribution in [0.1, 0.15) is 32.8 Å². The number of fused-ring (bicyclic) bond motifs is 3. The molecule has 1 aliphatic rings. The number of hydrogen-bond acceptors (Lipinski definition) is 1. The van der Waals surface area contributed by atoms with Crippen molar-refractivity contribution in [2.75, 3.05) is 0 Å². The SMILES string of the molecule is CC(C)(C)C1C=CC(c2ccc3c(c2)oc2ccccc23)=CC1. The number of furan rings is 1. The van der Waals surface area contributed by atoms with E-state index in [0.29, 0.717) is 11.3 Å². The Labute approximate surface area is 137 Å². The Bertz CT molecular complexity index is 931. The first-order valence-electron chi connectivity index (χ1n) is 8.32. The van der Waals surface area contributed by atoms with Gasteiger partial charge in [-0.1, -0.05) is 63.3 Å². The summed E-state index contributed by atoms with van der Waals surface area (Å²) in [6, 6.07) is 14.8. The molecule has 0 N–H and O–H groups in total. The Morgan fingerprint density at radius 3 is 2.48 bits per heavy atom. The molecule has 1 heteroatoms. The highest BCUT2D eigenvalue weighted by atomic mass is 16.3. The molecule has 0 aliphatic heterocycles. The fourth-order valence-corrected chi connectivity index (χ4v) is 3.38. The first kappa shape index (κ1) is 14.3. The van der Waals surface area contributed by atoms with Crippen LogP contribution in [0.5, 0.6) is 0 Å². The average Bonchev–Trinajstić information content (AvgIpc) is 2.92. The van der Waals surface area contributed by atoms with E-state index in [-0.39, 0.29) is 0 Å². The van der Waals surface area contributed by atoms with Crippen molar-refractivity contribution in [1.29, 1.82) is 0 Å². The first-order chi connectivity index (χ1) is 11.0. The van der Waals surface area contributed by atoms with Crippen molar-refractivity contribution in [2.24, 2.45) is 11.3 Å². The van der Waals surface area contributed by atoms with Crippen LogP contribution < -0.4 is 0 Å². The summed E-state index contributed by atoms with van der Waals surface area (Å²) in [5.41, 5.74) is 4.78. The van der Waals surface area contributed by atoms with Crippen LogP contribution in [0.15, 0.2) is 65.1 Å². The van der Waals surface area contributed by atoms with Crippen molar-refractivity contribution in [3.63, 3.8) is 0 Å². The largest absolute Gasteiger partial charge is 0.456 e. The van der Waals surface area contributed by atoms with Gasteiger partial charge in [-0.3, -0.25) is 0 Å². The van der Waals surface area contributed by atoms with Crippen molar-refractivity contribution in [2.45, 2.75) is 27.2 Å². The van der Waals surface area contributed by atoms with Crippen LogP contribution in [0, 0.1) is 11.3 Å². The number of para-hydroxylation sites is 1. The van der Waals surface area contributed by atoms with Crippen LogP contribution in [0.2, 0.25) is 0 Å². The summed E-state index contributed by atoms with van der Waals surface area (Å²) in [7, 11) is 0. The van der Waals surface area contributed by atoms with Crippen molar-refractivity contribution in [1.82, 2.24) is 0 Å². The molecule has 1 nitrogen and oxygen atoms in total. The van der Waals surface area contributed by atoms with Crippen molar-refractivity contribution in [3.05, 3.63) is 66.3 Å². The molecule has 0 saturated heterocycles. The van der Waals surface area contributed by atoms with Gasteiger partial charge >= 0.3 is 0 Å². The van der Waals surface area contributed by atoms with Gasteiger partial charge in [0.05, 0.1) is 0 Å². The number of allylic oxidation sites excluding steroid dienone is 4. The lowest BCUT2D eigenvalue weighted by atomic mass is 9.76. The van der Waals surface area contributed by atoms with Gasteiger partial charge in [-0.05, 0) is 47.1 Å². The molecule has 0 amide bonds. The second kappa shape index (κ2) is 5.13. The minimum atomic E-state index is 0.321. The molecule has 1 unspecified atom stereocenters. The third-order valence-corrected chi connectivity index (χ3v) is 4.92. The van der Waals surface area contributed by atoms with Gasteiger partial charge in [0.1, 0.15) is 11.2 Å². The normalized spacial score (nSPS) is 18.6. The zero-order chi connectivity index (χ0) is 16.0. The Balaban J connectivity index is 1.72.